The van der Waals surface area contributed by atoms with E-state index in [1.807, 2.05) is 21.1 Å². The van der Waals surface area contributed by atoms with Gasteiger partial charge in [0.15, 0.2) is 6.10 Å². The summed E-state index contributed by atoms with van der Waals surface area (Å²) in [5.74, 6) is -0.842. The third kappa shape index (κ3) is 45.0. The van der Waals surface area contributed by atoms with Gasteiger partial charge in [-0.3, -0.25) is 18.6 Å². The molecule has 1 unspecified atom stereocenters. The van der Waals surface area contributed by atoms with E-state index in [-0.39, 0.29) is 26.1 Å². The van der Waals surface area contributed by atoms with E-state index in [2.05, 4.69) is 86.8 Å². The first-order valence-electron chi connectivity index (χ1n) is 23.7. The predicted molar refractivity (Wildman–Crippen MR) is 252 cm³/mol. The highest BCUT2D eigenvalue weighted by atomic mass is 31.2. The Balaban J connectivity index is 4.39. The zero-order chi connectivity index (χ0) is 44.3. The van der Waals surface area contributed by atoms with Gasteiger partial charge in [0.25, 0.3) is 0 Å². The highest BCUT2D eigenvalue weighted by molar-refractivity contribution is 7.47. The molecular formula is C50H89NO8P+. The Kier molecular flexibility index (Phi) is 40.0. The minimum absolute atomic E-state index is 0.0225. The molecule has 346 valence electrons. The molecule has 1 N–H and O–H groups in total. The first-order valence-corrected chi connectivity index (χ1v) is 25.2. The van der Waals surface area contributed by atoms with Gasteiger partial charge in [0.2, 0.25) is 0 Å². The van der Waals surface area contributed by atoms with Gasteiger partial charge in [-0.2, -0.15) is 0 Å². The fourth-order valence-corrected chi connectivity index (χ4v) is 6.78. The Morgan fingerprint density at radius 3 is 1.45 bits per heavy atom. The average molecular weight is 863 g/mol. The van der Waals surface area contributed by atoms with Gasteiger partial charge in [0.1, 0.15) is 19.8 Å². The van der Waals surface area contributed by atoms with E-state index in [0.29, 0.717) is 23.9 Å². The summed E-state index contributed by atoms with van der Waals surface area (Å²) in [4.78, 5) is 35.5. The lowest BCUT2D eigenvalue weighted by Gasteiger charge is -2.24. The summed E-state index contributed by atoms with van der Waals surface area (Å²) in [7, 11) is 1.45. The largest absolute Gasteiger partial charge is 0.472 e. The lowest BCUT2D eigenvalue weighted by molar-refractivity contribution is -0.870. The van der Waals surface area contributed by atoms with Crippen molar-refractivity contribution < 1.29 is 42.1 Å². The molecule has 0 aliphatic heterocycles. The van der Waals surface area contributed by atoms with E-state index in [1.165, 1.54) is 70.6 Å². The lowest BCUT2D eigenvalue weighted by atomic mass is 10.1. The molecule has 0 aromatic heterocycles. The van der Waals surface area contributed by atoms with Crippen molar-refractivity contribution >= 4 is 19.8 Å². The molecule has 0 radical (unpaired) electrons. The van der Waals surface area contributed by atoms with Crippen molar-refractivity contribution in [2.24, 2.45) is 0 Å². The Bertz CT molecular complexity index is 1250. The number of unbranched alkanes of at least 4 members (excludes halogenated alkanes) is 16. The summed E-state index contributed by atoms with van der Waals surface area (Å²) in [6.07, 6.45) is 52.3. The first kappa shape index (κ1) is 57.4. The Morgan fingerprint density at radius 2 is 0.950 bits per heavy atom. The number of rotatable bonds is 42. The number of ether oxygens (including phenoxy) is 2. The van der Waals surface area contributed by atoms with Crippen molar-refractivity contribution in [2.45, 2.75) is 187 Å². The van der Waals surface area contributed by atoms with Gasteiger partial charge in [-0.05, 0) is 83.5 Å². The molecule has 0 saturated carbocycles. The first-order chi connectivity index (χ1) is 29.0. The maximum absolute atomic E-state index is 12.7. The molecule has 0 saturated heterocycles. The topological polar surface area (TPSA) is 108 Å². The number of likely N-dealkylation sites (N-methyl/N-ethyl adjacent to an activating group) is 1. The standard InChI is InChI=1S/C50H88NO8P/c1-6-8-10-12-14-16-18-20-22-24-25-27-28-30-32-34-36-38-40-42-49(52)56-46-48(47-58-60(54,55)57-45-44-51(3,4)5)59-50(53)43-41-39-37-35-33-31-29-26-23-21-19-17-15-13-11-9-7-2/h8,10,14,16-17,19-20,22,25,27,30,32,48H,6-7,9,11-13,15,18,21,23-24,26,28-29,31,33-47H2,1-5H3/p+1/b10-8+,16-14+,19-17+,22-20+,27-25+,32-30+/t48-/m1/s1. The summed E-state index contributed by atoms with van der Waals surface area (Å²) < 4.78 is 34.3. The summed E-state index contributed by atoms with van der Waals surface area (Å²) in [5.41, 5.74) is 0. The molecule has 2 atom stereocenters. The second-order valence-electron chi connectivity index (χ2n) is 16.8. The second kappa shape index (κ2) is 41.8. The maximum atomic E-state index is 12.7. The molecule has 0 rings (SSSR count). The molecule has 0 bridgehead atoms. The van der Waals surface area contributed by atoms with E-state index in [9.17, 15) is 19.0 Å². The zero-order valence-corrected chi connectivity index (χ0v) is 39.8. The van der Waals surface area contributed by atoms with Crippen LogP contribution in [0.25, 0.3) is 0 Å². The van der Waals surface area contributed by atoms with Crippen molar-refractivity contribution in [1.82, 2.24) is 0 Å². The SMILES string of the molecule is CC/C=C/C/C=C/C/C=C/C/C=C/C/C=C/CCCCCC(=O)OC[C@H](COP(=O)(O)OCC[N+](C)(C)C)OC(=O)CCCCCCCCCCC/C=C/CCCCCC. The number of phosphoric acid groups is 1. The van der Waals surface area contributed by atoms with E-state index >= 15 is 0 Å². The van der Waals surface area contributed by atoms with Crippen molar-refractivity contribution in [3.63, 3.8) is 0 Å². The van der Waals surface area contributed by atoms with Gasteiger partial charge in [-0.25, -0.2) is 4.57 Å². The van der Waals surface area contributed by atoms with Crippen molar-refractivity contribution in [3.8, 4) is 0 Å². The van der Waals surface area contributed by atoms with Crippen LogP contribution in [-0.4, -0.2) is 74.9 Å². The normalized spacial score (nSPS) is 14.2. The van der Waals surface area contributed by atoms with Crippen LogP contribution in [-0.2, 0) is 32.7 Å². The maximum Gasteiger partial charge on any atom is 0.472 e. The molecule has 0 aromatic rings. The number of carbonyl (C=O) groups excluding carboxylic acids is 2. The van der Waals surface area contributed by atoms with Gasteiger partial charge in [0.05, 0.1) is 27.7 Å². The highest BCUT2D eigenvalue weighted by Crippen LogP contribution is 2.43. The Morgan fingerprint density at radius 1 is 0.533 bits per heavy atom. The minimum atomic E-state index is -4.39. The van der Waals surface area contributed by atoms with Crippen LogP contribution in [0, 0.1) is 0 Å². The fourth-order valence-electron chi connectivity index (χ4n) is 6.03. The molecule has 0 aliphatic carbocycles. The third-order valence-electron chi connectivity index (χ3n) is 9.72. The van der Waals surface area contributed by atoms with Gasteiger partial charge in [-0.1, -0.05) is 157 Å². The second-order valence-corrected chi connectivity index (χ2v) is 18.2. The third-order valence-corrected chi connectivity index (χ3v) is 10.7. The number of nitrogens with zero attached hydrogens (tertiary/aromatic N) is 1. The Labute approximate surface area is 368 Å². The van der Waals surface area contributed by atoms with Crippen LogP contribution in [0.4, 0.5) is 0 Å². The van der Waals surface area contributed by atoms with Crippen molar-refractivity contribution in [2.75, 3.05) is 47.5 Å². The van der Waals surface area contributed by atoms with E-state index in [0.717, 1.165) is 70.6 Å². The van der Waals surface area contributed by atoms with Crippen LogP contribution in [0.1, 0.15) is 181 Å². The molecule has 0 heterocycles. The van der Waals surface area contributed by atoms with Gasteiger partial charge in [0, 0.05) is 12.8 Å². The fraction of sp³-hybridized carbons (Fsp3) is 0.720. The van der Waals surface area contributed by atoms with Gasteiger partial charge >= 0.3 is 19.8 Å². The molecule has 0 amide bonds. The number of esters is 2. The molecule has 0 fully saturated rings. The van der Waals surface area contributed by atoms with Crippen LogP contribution in [0.2, 0.25) is 0 Å². The number of hydrogen-bond donors (Lipinski definition) is 1. The number of phosphoric ester groups is 1. The molecule has 9 nitrogen and oxygen atoms in total. The highest BCUT2D eigenvalue weighted by Gasteiger charge is 2.27. The quantitative estimate of drug-likeness (QED) is 0.0212. The van der Waals surface area contributed by atoms with E-state index in [1.54, 1.807) is 0 Å². The molecule has 0 aliphatic rings. The molecule has 60 heavy (non-hydrogen) atoms. The van der Waals surface area contributed by atoms with Crippen molar-refractivity contribution in [3.05, 3.63) is 72.9 Å². The summed E-state index contributed by atoms with van der Waals surface area (Å²) in [6.45, 7) is 4.25. The van der Waals surface area contributed by atoms with Crippen LogP contribution >= 0.6 is 7.82 Å². The van der Waals surface area contributed by atoms with Crippen LogP contribution in [0.5, 0.6) is 0 Å². The number of hydrogen-bond acceptors (Lipinski definition) is 7. The monoisotopic (exact) mass is 863 g/mol. The summed E-state index contributed by atoms with van der Waals surface area (Å²) in [6, 6.07) is 0. The van der Waals surface area contributed by atoms with Crippen LogP contribution in [0.15, 0.2) is 72.9 Å². The van der Waals surface area contributed by atoms with E-state index < -0.39 is 32.5 Å². The molecule has 0 spiro atoms. The number of quaternary nitrogens is 1. The molecule has 10 heteroatoms. The predicted octanol–water partition coefficient (Wildman–Crippen LogP) is 13.8. The van der Waals surface area contributed by atoms with Gasteiger partial charge < -0.3 is 18.9 Å². The van der Waals surface area contributed by atoms with Gasteiger partial charge in [-0.15, -0.1) is 0 Å². The van der Waals surface area contributed by atoms with E-state index in [4.69, 9.17) is 18.5 Å². The summed E-state index contributed by atoms with van der Waals surface area (Å²) in [5, 5.41) is 0. The average Bonchev–Trinajstić information content (AvgIpc) is 3.20. The smallest absolute Gasteiger partial charge is 0.462 e. The number of allylic oxidation sites excluding steroid dienone is 12. The number of carbonyl (C=O) groups is 2. The van der Waals surface area contributed by atoms with Crippen LogP contribution < -0.4 is 0 Å². The molecule has 0 aromatic carbocycles. The van der Waals surface area contributed by atoms with Crippen LogP contribution in [0.3, 0.4) is 0 Å². The lowest BCUT2D eigenvalue weighted by Crippen LogP contribution is -2.37. The molecular weight excluding hydrogens is 774 g/mol. The minimum Gasteiger partial charge on any atom is -0.462 e. The summed E-state index contributed by atoms with van der Waals surface area (Å²) >= 11 is 0. The zero-order valence-electron chi connectivity index (χ0n) is 38.9. The Hall–Kier alpha value is -2.55. The van der Waals surface area contributed by atoms with Crippen molar-refractivity contribution in [1.29, 1.82) is 0 Å².